The van der Waals surface area contributed by atoms with Gasteiger partial charge in [0.15, 0.2) is 0 Å². The third-order valence-electron chi connectivity index (χ3n) is 7.34. The maximum atomic E-state index is 10.5. The van der Waals surface area contributed by atoms with Crippen molar-refractivity contribution in [3.05, 3.63) is 24.3 Å². The first kappa shape index (κ1) is 47.7. The second kappa shape index (κ2) is 46.7. The van der Waals surface area contributed by atoms with Crippen molar-refractivity contribution in [3.63, 3.8) is 0 Å². The molecule has 0 aromatic carbocycles. The van der Waals surface area contributed by atoms with Crippen LogP contribution in [0.3, 0.4) is 0 Å². The van der Waals surface area contributed by atoms with E-state index in [1.54, 1.807) is 0 Å². The standard InChI is InChI=1S/C18H35NO.C18H34O2.2BrH.Pb/c2*1-2-3-4-5-6-7-8-9-10-11-12-13-14-15-16-17-18(19)20;;;/h9-10H,2-8,11-17H2,1H3,(H2,19,20);9-10H,2-8,11-17H2,1H3,(H,19,20);2*1H;/q;;;;+2/p-2/b2*10-9-;;;. The van der Waals surface area contributed by atoms with Gasteiger partial charge in [-0.2, -0.15) is 0 Å². The second-order valence-corrected chi connectivity index (χ2v) is 28.5. The Hall–Kier alpha value is 0.302. The Morgan fingerprint density at radius 3 is 1.05 bits per heavy atom. The van der Waals surface area contributed by atoms with E-state index in [-0.39, 0.29) is 25.3 Å². The first-order valence-electron chi connectivity index (χ1n) is 17.7. The third kappa shape index (κ3) is 58.4. The molecule has 0 aliphatic rings. The number of halogens is 2. The maximum absolute atomic E-state index is 10.5. The van der Waals surface area contributed by atoms with Crippen LogP contribution in [-0.4, -0.2) is 36.4 Å². The second-order valence-electron chi connectivity index (χ2n) is 11.6. The predicted molar refractivity (Wildman–Crippen MR) is 199 cm³/mol. The van der Waals surface area contributed by atoms with Crippen LogP contribution < -0.4 is 5.73 Å². The van der Waals surface area contributed by atoms with Gasteiger partial charge in [-0.25, -0.2) is 0 Å². The first-order chi connectivity index (χ1) is 21.0. The molecule has 0 aliphatic carbocycles. The fraction of sp³-hybridized carbons (Fsp3) is 0.833. The number of primary amides is 1. The van der Waals surface area contributed by atoms with E-state index < -0.39 is 5.97 Å². The zero-order valence-electron chi connectivity index (χ0n) is 28.2. The van der Waals surface area contributed by atoms with E-state index >= 15 is 0 Å². The van der Waals surface area contributed by atoms with Crippen molar-refractivity contribution in [1.29, 1.82) is 0 Å². The van der Waals surface area contributed by atoms with Crippen LogP contribution in [-0.2, 0) is 9.59 Å². The van der Waals surface area contributed by atoms with Gasteiger partial charge in [0.2, 0.25) is 5.91 Å². The van der Waals surface area contributed by atoms with Crippen LogP contribution in [0.1, 0.15) is 194 Å². The number of carbonyl (C=O) groups is 2. The van der Waals surface area contributed by atoms with E-state index in [4.69, 9.17) is 10.8 Å². The van der Waals surface area contributed by atoms with E-state index in [1.165, 1.54) is 141 Å². The Balaban J connectivity index is -0.000000681. The number of hydrogen-bond acceptors (Lipinski definition) is 2. The molecule has 0 atom stereocenters. The molecule has 1 amide bonds. The summed E-state index contributed by atoms with van der Waals surface area (Å²) < 4.78 is 0. The quantitative estimate of drug-likeness (QED) is 0.0428. The molecule has 3 N–H and O–H groups in total. The molecule has 43 heavy (non-hydrogen) atoms. The van der Waals surface area contributed by atoms with Crippen molar-refractivity contribution >= 4 is 55.3 Å². The van der Waals surface area contributed by atoms with Crippen LogP contribution in [0, 0.1) is 0 Å². The summed E-state index contributed by atoms with van der Waals surface area (Å²) in [7, 11) is 0. The number of hydrogen-bond donors (Lipinski definition) is 2. The number of carbonyl (C=O) groups excluding carboxylic acids is 1. The molecular formula is C36H69Br2NO3Pb. The predicted octanol–water partition coefficient (Wildman–Crippen LogP) is 12.9. The van der Waals surface area contributed by atoms with Crippen LogP contribution >= 0.6 is 24.0 Å². The number of rotatable bonds is 30. The number of allylic oxidation sites excluding steroid dienone is 4. The zero-order chi connectivity index (χ0) is 32.5. The molecule has 254 valence electrons. The van der Waals surface area contributed by atoms with Crippen molar-refractivity contribution in [1.82, 2.24) is 0 Å². The third-order valence-corrected chi connectivity index (χ3v) is 7.34. The van der Waals surface area contributed by atoms with E-state index in [0.717, 1.165) is 25.7 Å². The first-order valence-corrected chi connectivity index (χ1v) is 34.6. The Morgan fingerprint density at radius 1 is 0.512 bits per heavy atom. The Labute approximate surface area is 291 Å². The van der Waals surface area contributed by atoms with Crippen LogP contribution in [0.25, 0.3) is 0 Å². The molecule has 0 unspecified atom stereocenters. The Bertz CT molecular complexity index is 553. The van der Waals surface area contributed by atoms with E-state index in [1.807, 2.05) is 0 Å². The average molecular weight is 931 g/mol. The van der Waals surface area contributed by atoms with Gasteiger partial charge in [0.05, 0.1) is 0 Å². The fourth-order valence-electron chi connectivity index (χ4n) is 4.72. The topological polar surface area (TPSA) is 80.4 Å². The van der Waals surface area contributed by atoms with Crippen LogP contribution in [0.15, 0.2) is 24.3 Å². The van der Waals surface area contributed by atoms with E-state index in [0.29, 0.717) is 12.8 Å². The number of carboxylic acid groups (broad SMARTS) is 1. The molecular weight excluding hydrogens is 861 g/mol. The molecule has 0 aliphatic heterocycles. The summed E-state index contributed by atoms with van der Waals surface area (Å²) in [6.07, 6.45) is 43.2. The van der Waals surface area contributed by atoms with Crippen LogP contribution in [0.5, 0.6) is 0 Å². The normalized spacial score (nSPS) is 10.9. The summed E-state index contributed by atoms with van der Waals surface area (Å²) in [5, 5.41) is 8.51. The molecule has 0 fully saturated rings. The van der Waals surface area contributed by atoms with Gasteiger partial charge >= 0.3 is 49.4 Å². The minimum atomic E-state index is -0.664. The van der Waals surface area contributed by atoms with Crippen molar-refractivity contribution < 1.29 is 14.7 Å². The SMILES string of the molecule is CCCCCCCC/C=C\CCCCCCCC(=O)O.CCCCCCCC/C=C\CCCCCCCC(N)=O.[Br][Pb][Br]. The van der Waals surface area contributed by atoms with Gasteiger partial charge in [-0.3, -0.25) is 9.59 Å². The van der Waals surface area contributed by atoms with Gasteiger partial charge in [0, 0.05) is 12.8 Å². The molecule has 2 radical (unpaired) electrons. The Morgan fingerprint density at radius 2 is 0.767 bits per heavy atom. The molecule has 0 rings (SSSR count). The summed E-state index contributed by atoms with van der Waals surface area (Å²) in [5.41, 5.74) is 5.10. The fourth-order valence-corrected chi connectivity index (χ4v) is 4.72. The van der Waals surface area contributed by atoms with Crippen molar-refractivity contribution in [2.75, 3.05) is 0 Å². The minimum absolute atomic E-state index is 0.164. The van der Waals surface area contributed by atoms with Crippen molar-refractivity contribution in [3.8, 4) is 0 Å². The van der Waals surface area contributed by atoms with Gasteiger partial charge in [0.1, 0.15) is 0 Å². The van der Waals surface area contributed by atoms with Gasteiger partial charge in [-0.1, -0.05) is 141 Å². The molecule has 0 saturated heterocycles. The number of carboxylic acids is 1. The number of nitrogens with two attached hydrogens (primary N) is 1. The van der Waals surface area contributed by atoms with Gasteiger partial charge in [-0.05, 0) is 64.2 Å². The average Bonchev–Trinajstić information content (AvgIpc) is 2.97. The summed E-state index contributed by atoms with van der Waals surface area (Å²) in [6, 6.07) is 0. The summed E-state index contributed by atoms with van der Waals surface area (Å²) in [4.78, 5) is 20.9. The monoisotopic (exact) mass is 929 g/mol. The zero-order valence-corrected chi connectivity index (χ0v) is 35.3. The molecule has 4 nitrogen and oxygen atoms in total. The number of aliphatic carboxylic acids is 1. The molecule has 0 spiro atoms. The molecule has 0 heterocycles. The number of amides is 1. The Kier molecular flexibility index (Phi) is 51.8. The molecule has 0 aromatic rings. The molecule has 0 bridgehead atoms. The van der Waals surface area contributed by atoms with Gasteiger partial charge < -0.3 is 10.8 Å². The van der Waals surface area contributed by atoms with Gasteiger partial charge in [-0.15, -0.1) is 0 Å². The molecule has 0 saturated carbocycles. The molecule has 7 heteroatoms. The van der Waals surface area contributed by atoms with Crippen LogP contribution in [0.2, 0.25) is 0 Å². The van der Waals surface area contributed by atoms with Crippen molar-refractivity contribution in [2.24, 2.45) is 5.73 Å². The number of unbranched alkanes of at least 4 members (excludes halogenated alkanes) is 22. The van der Waals surface area contributed by atoms with E-state index in [9.17, 15) is 9.59 Å². The summed E-state index contributed by atoms with van der Waals surface area (Å²) >= 11 is 6.22. The van der Waals surface area contributed by atoms with Gasteiger partial charge in [0.25, 0.3) is 0 Å². The summed E-state index contributed by atoms with van der Waals surface area (Å²) in [6.45, 7) is 4.52. The van der Waals surface area contributed by atoms with Crippen molar-refractivity contribution in [2.45, 2.75) is 194 Å². The molecule has 0 aromatic heterocycles. The van der Waals surface area contributed by atoms with Crippen LogP contribution in [0.4, 0.5) is 0 Å². The summed E-state index contributed by atoms with van der Waals surface area (Å²) in [5.74, 6) is -0.828. The van der Waals surface area contributed by atoms with E-state index in [2.05, 4.69) is 62.1 Å².